The van der Waals surface area contributed by atoms with Gasteiger partial charge in [-0.25, -0.2) is 0 Å². The van der Waals surface area contributed by atoms with Gasteiger partial charge in [-0.3, -0.25) is 9.59 Å². The number of ether oxygens (including phenoxy) is 1. The Kier molecular flexibility index (Phi) is 5.59. The Hall–Kier alpha value is -1.10. The van der Waals surface area contributed by atoms with Crippen LogP contribution in [0.2, 0.25) is 0 Å². The van der Waals surface area contributed by atoms with Crippen molar-refractivity contribution >= 4 is 11.9 Å². The van der Waals surface area contributed by atoms with Crippen molar-refractivity contribution in [3.8, 4) is 0 Å². The van der Waals surface area contributed by atoms with Crippen molar-refractivity contribution < 1.29 is 14.3 Å². The molecule has 5 nitrogen and oxygen atoms in total. The van der Waals surface area contributed by atoms with Crippen LogP contribution in [0, 0.1) is 5.41 Å². The zero-order valence-corrected chi connectivity index (χ0v) is 11.4. The van der Waals surface area contributed by atoms with Crippen LogP contribution in [0.3, 0.4) is 0 Å². The minimum absolute atomic E-state index is 0.132. The Morgan fingerprint density at radius 2 is 1.94 bits per heavy atom. The van der Waals surface area contributed by atoms with E-state index in [1.54, 1.807) is 11.9 Å². The molecular weight excluding hydrogens is 232 g/mol. The number of carbonyl (C=O) groups excluding carboxylic acids is 2. The van der Waals surface area contributed by atoms with E-state index in [1.807, 2.05) is 0 Å². The number of hydrogen-bond acceptors (Lipinski definition) is 4. The van der Waals surface area contributed by atoms with Gasteiger partial charge in [0.15, 0.2) is 0 Å². The number of hydrogen-bond donors (Lipinski definition) is 1. The Morgan fingerprint density at radius 1 is 1.33 bits per heavy atom. The number of nitrogens with zero attached hydrogens (tertiary/aromatic N) is 1. The predicted octanol–water partition coefficient (Wildman–Crippen LogP) is 0.917. The average molecular weight is 256 g/mol. The highest BCUT2D eigenvalue weighted by Gasteiger charge is 2.41. The maximum absolute atomic E-state index is 12.4. The van der Waals surface area contributed by atoms with Gasteiger partial charge in [-0.15, -0.1) is 0 Å². The summed E-state index contributed by atoms with van der Waals surface area (Å²) in [5.74, 6) is -0.0994. The van der Waals surface area contributed by atoms with E-state index >= 15 is 0 Å². The van der Waals surface area contributed by atoms with Gasteiger partial charge in [0.2, 0.25) is 5.91 Å². The number of methoxy groups -OCH3 is 1. The first-order valence-corrected chi connectivity index (χ1v) is 6.58. The van der Waals surface area contributed by atoms with Crippen LogP contribution < -0.4 is 5.73 Å². The number of esters is 1. The molecule has 104 valence electrons. The van der Waals surface area contributed by atoms with E-state index in [9.17, 15) is 9.59 Å². The van der Waals surface area contributed by atoms with Gasteiger partial charge in [-0.1, -0.05) is 12.8 Å². The van der Waals surface area contributed by atoms with E-state index in [-0.39, 0.29) is 17.3 Å². The van der Waals surface area contributed by atoms with E-state index in [4.69, 9.17) is 5.73 Å². The summed E-state index contributed by atoms with van der Waals surface area (Å²) in [7, 11) is 3.16. The summed E-state index contributed by atoms with van der Waals surface area (Å²) >= 11 is 0. The normalized spacial score (nSPS) is 17.5. The SMILES string of the molecule is COC(=O)CCCN(C)C(=O)C1(CN)CCCC1. The maximum atomic E-state index is 12.4. The first-order chi connectivity index (χ1) is 8.55. The summed E-state index contributed by atoms with van der Waals surface area (Å²) in [6, 6.07) is 0. The highest BCUT2D eigenvalue weighted by atomic mass is 16.5. The van der Waals surface area contributed by atoms with Gasteiger partial charge in [0.05, 0.1) is 12.5 Å². The lowest BCUT2D eigenvalue weighted by atomic mass is 9.84. The molecule has 0 aliphatic heterocycles. The summed E-state index contributed by atoms with van der Waals surface area (Å²) in [6.07, 6.45) is 4.94. The summed E-state index contributed by atoms with van der Waals surface area (Å²) < 4.78 is 4.57. The molecule has 0 atom stereocenters. The molecule has 1 rings (SSSR count). The zero-order chi connectivity index (χ0) is 13.6. The van der Waals surface area contributed by atoms with Crippen molar-refractivity contribution in [2.45, 2.75) is 38.5 Å². The number of amides is 1. The molecule has 0 bridgehead atoms. The summed E-state index contributed by atoms with van der Waals surface area (Å²) in [5, 5.41) is 0. The molecule has 0 spiro atoms. The molecule has 0 aromatic heterocycles. The highest BCUT2D eigenvalue weighted by Crippen LogP contribution is 2.38. The number of carbonyl (C=O) groups is 2. The minimum atomic E-state index is -0.347. The molecule has 1 amide bonds. The summed E-state index contributed by atoms with van der Waals surface area (Å²) in [5.41, 5.74) is 5.44. The van der Waals surface area contributed by atoms with Crippen LogP contribution in [-0.2, 0) is 14.3 Å². The molecule has 0 aromatic carbocycles. The van der Waals surface area contributed by atoms with Crippen molar-refractivity contribution in [3.05, 3.63) is 0 Å². The van der Waals surface area contributed by atoms with Crippen LogP contribution >= 0.6 is 0 Å². The second-order valence-corrected chi connectivity index (χ2v) is 5.10. The standard InChI is InChI=1S/C13H24N2O3/c1-15(9-5-6-11(16)18-2)12(17)13(10-14)7-3-4-8-13/h3-10,14H2,1-2H3. The largest absolute Gasteiger partial charge is 0.469 e. The maximum Gasteiger partial charge on any atom is 0.305 e. The molecule has 5 heteroatoms. The molecule has 18 heavy (non-hydrogen) atoms. The fourth-order valence-corrected chi connectivity index (χ4v) is 2.63. The Bertz CT molecular complexity index is 299. The lowest BCUT2D eigenvalue weighted by Gasteiger charge is -2.31. The van der Waals surface area contributed by atoms with Crippen LogP contribution in [0.25, 0.3) is 0 Å². The molecule has 1 aliphatic carbocycles. The monoisotopic (exact) mass is 256 g/mol. The Balaban J connectivity index is 2.43. The molecule has 1 saturated carbocycles. The average Bonchev–Trinajstić information content (AvgIpc) is 2.87. The van der Waals surface area contributed by atoms with Crippen LogP contribution in [-0.4, -0.2) is 44.0 Å². The third-order valence-electron chi connectivity index (χ3n) is 3.85. The zero-order valence-electron chi connectivity index (χ0n) is 11.4. The van der Waals surface area contributed by atoms with Gasteiger partial charge >= 0.3 is 5.97 Å². The van der Waals surface area contributed by atoms with Gasteiger partial charge < -0.3 is 15.4 Å². The van der Waals surface area contributed by atoms with Crippen LogP contribution in [0.15, 0.2) is 0 Å². The summed E-state index contributed by atoms with van der Waals surface area (Å²) in [4.78, 5) is 25.1. The van der Waals surface area contributed by atoms with E-state index < -0.39 is 0 Å². The van der Waals surface area contributed by atoms with E-state index in [1.165, 1.54) is 7.11 Å². The summed E-state index contributed by atoms with van der Waals surface area (Å²) in [6.45, 7) is 1.00. The van der Waals surface area contributed by atoms with Crippen molar-refractivity contribution in [2.24, 2.45) is 11.1 Å². The quantitative estimate of drug-likeness (QED) is 0.717. The molecule has 1 fully saturated rings. The second-order valence-electron chi connectivity index (χ2n) is 5.10. The molecule has 0 aromatic rings. The van der Waals surface area contributed by atoms with Gasteiger partial charge in [-0.2, -0.15) is 0 Å². The third kappa shape index (κ3) is 3.45. The van der Waals surface area contributed by atoms with Crippen molar-refractivity contribution in [2.75, 3.05) is 27.2 Å². The Morgan fingerprint density at radius 3 is 2.44 bits per heavy atom. The van der Waals surface area contributed by atoms with Crippen molar-refractivity contribution in [1.29, 1.82) is 0 Å². The molecular formula is C13H24N2O3. The molecule has 0 saturated heterocycles. The van der Waals surface area contributed by atoms with Gasteiger partial charge in [-0.05, 0) is 19.3 Å². The Labute approximate surface area is 109 Å². The lowest BCUT2D eigenvalue weighted by molar-refractivity contribution is -0.143. The van der Waals surface area contributed by atoms with Crippen LogP contribution in [0.5, 0.6) is 0 Å². The smallest absolute Gasteiger partial charge is 0.305 e. The first-order valence-electron chi connectivity index (χ1n) is 6.58. The number of rotatable bonds is 6. The number of nitrogens with two attached hydrogens (primary N) is 1. The van der Waals surface area contributed by atoms with E-state index in [0.717, 1.165) is 25.7 Å². The fraction of sp³-hybridized carbons (Fsp3) is 0.846. The minimum Gasteiger partial charge on any atom is -0.469 e. The van der Waals surface area contributed by atoms with Crippen molar-refractivity contribution in [3.63, 3.8) is 0 Å². The van der Waals surface area contributed by atoms with Crippen molar-refractivity contribution in [1.82, 2.24) is 4.90 Å². The lowest BCUT2D eigenvalue weighted by Crippen LogP contribution is -2.45. The van der Waals surface area contributed by atoms with Gasteiger partial charge in [0, 0.05) is 26.6 Å². The molecule has 0 unspecified atom stereocenters. The van der Waals surface area contributed by atoms with Gasteiger partial charge in [0.25, 0.3) is 0 Å². The van der Waals surface area contributed by atoms with E-state index in [0.29, 0.717) is 25.9 Å². The molecule has 0 radical (unpaired) electrons. The highest BCUT2D eigenvalue weighted by molar-refractivity contribution is 5.83. The molecule has 1 aliphatic rings. The molecule has 2 N–H and O–H groups in total. The fourth-order valence-electron chi connectivity index (χ4n) is 2.63. The van der Waals surface area contributed by atoms with Crippen LogP contribution in [0.1, 0.15) is 38.5 Å². The molecule has 0 heterocycles. The first kappa shape index (κ1) is 15.0. The predicted molar refractivity (Wildman–Crippen MR) is 68.8 cm³/mol. The van der Waals surface area contributed by atoms with Gasteiger partial charge in [0.1, 0.15) is 0 Å². The topological polar surface area (TPSA) is 72.6 Å². The second kappa shape index (κ2) is 6.73. The third-order valence-corrected chi connectivity index (χ3v) is 3.85. The van der Waals surface area contributed by atoms with Crippen LogP contribution in [0.4, 0.5) is 0 Å². The van der Waals surface area contributed by atoms with E-state index in [2.05, 4.69) is 4.74 Å².